The molecule has 2 amide bonds. The predicted molar refractivity (Wildman–Crippen MR) is 122 cm³/mol. The largest absolute Gasteiger partial charge is 0.509 e. The fourth-order valence-corrected chi connectivity index (χ4v) is 4.70. The van der Waals surface area contributed by atoms with Crippen LogP contribution in [0.3, 0.4) is 0 Å². The summed E-state index contributed by atoms with van der Waals surface area (Å²) in [6, 6.07) is 15.0. The molecule has 2 aliphatic rings. The molecule has 0 saturated heterocycles. The van der Waals surface area contributed by atoms with Crippen molar-refractivity contribution in [3.8, 4) is 0 Å². The number of aliphatic hydroxyl groups is 1. The third kappa shape index (κ3) is 4.62. The van der Waals surface area contributed by atoms with Gasteiger partial charge in [-0.05, 0) is 61.1 Å². The fourth-order valence-electron chi connectivity index (χ4n) is 4.57. The van der Waals surface area contributed by atoms with E-state index in [1.165, 1.54) is 37.7 Å². The Labute approximate surface area is 187 Å². The Hall–Kier alpha value is -2.79. The molecule has 0 bridgehead atoms. The molecule has 1 saturated carbocycles. The first kappa shape index (κ1) is 21.4. The molecule has 6 heteroatoms. The maximum absolute atomic E-state index is 12.8. The maximum Gasteiger partial charge on any atom is 0.264 e. The molecule has 2 aromatic carbocycles. The maximum atomic E-state index is 12.8. The Morgan fingerprint density at radius 1 is 1.10 bits per heavy atom. The molecule has 5 nitrogen and oxygen atoms in total. The van der Waals surface area contributed by atoms with Gasteiger partial charge >= 0.3 is 0 Å². The molecule has 2 aromatic rings. The van der Waals surface area contributed by atoms with E-state index >= 15 is 0 Å². The number of carbonyl (C=O) groups excluding carboxylic acids is 2. The highest BCUT2D eigenvalue weighted by atomic mass is 35.5. The molecule has 1 aliphatic heterocycles. The highest BCUT2D eigenvalue weighted by molar-refractivity contribution is 6.30. The van der Waals surface area contributed by atoms with Crippen LogP contribution in [-0.2, 0) is 16.0 Å². The second-order valence-electron chi connectivity index (χ2n) is 8.72. The molecule has 162 valence electrons. The van der Waals surface area contributed by atoms with Crippen LogP contribution in [0.25, 0.3) is 0 Å². The van der Waals surface area contributed by atoms with E-state index in [0.29, 0.717) is 23.0 Å². The predicted octanol–water partition coefficient (Wildman–Crippen LogP) is 5.27. The number of rotatable bonds is 5. The van der Waals surface area contributed by atoms with Gasteiger partial charge in [0.2, 0.25) is 0 Å². The van der Waals surface area contributed by atoms with Crippen LogP contribution in [-0.4, -0.2) is 22.5 Å². The molecule has 0 aromatic heterocycles. The smallest absolute Gasteiger partial charge is 0.264 e. The van der Waals surface area contributed by atoms with Gasteiger partial charge in [-0.15, -0.1) is 0 Å². The highest BCUT2D eigenvalue weighted by Gasteiger charge is 2.44. The molecule has 1 unspecified atom stereocenters. The van der Waals surface area contributed by atoms with Gasteiger partial charge in [0, 0.05) is 17.1 Å². The van der Waals surface area contributed by atoms with Crippen molar-refractivity contribution < 1.29 is 14.7 Å². The standard InChI is InChI=1S/C25H27ClN2O3/c1-25(15-16-7-11-19(26)12-8-16)22(29)21(24(31)28-25)23(30)27-20-13-9-18(10-14-20)17-5-3-2-4-6-17/h7-14,17,29H,2-6,15H2,1H3,(H,27,30)(H,28,31). The summed E-state index contributed by atoms with van der Waals surface area (Å²) in [6.07, 6.45) is 6.59. The number of anilines is 1. The zero-order valence-corrected chi connectivity index (χ0v) is 18.3. The molecular weight excluding hydrogens is 412 g/mol. The summed E-state index contributed by atoms with van der Waals surface area (Å²) in [5, 5.41) is 16.9. The quantitative estimate of drug-likeness (QED) is 0.556. The van der Waals surface area contributed by atoms with Gasteiger partial charge in [-0.1, -0.05) is 55.1 Å². The van der Waals surface area contributed by atoms with Gasteiger partial charge in [0.25, 0.3) is 11.8 Å². The number of hydrogen-bond donors (Lipinski definition) is 3. The van der Waals surface area contributed by atoms with Gasteiger partial charge in [0.05, 0.1) is 5.54 Å². The zero-order chi connectivity index (χ0) is 22.0. The average Bonchev–Trinajstić information content (AvgIpc) is 2.99. The van der Waals surface area contributed by atoms with Crippen LogP contribution in [0.1, 0.15) is 56.1 Å². The molecule has 1 aliphatic carbocycles. The van der Waals surface area contributed by atoms with Crippen LogP contribution in [0.4, 0.5) is 5.69 Å². The van der Waals surface area contributed by atoms with E-state index in [0.717, 1.165) is 5.56 Å². The first-order valence-electron chi connectivity index (χ1n) is 10.8. The number of halogens is 1. The minimum atomic E-state index is -1.05. The van der Waals surface area contributed by atoms with E-state index in [1.54, 1.807) is 19.1 Å². The molecule has 1 atom stereocenters. The van der Waals surface area contributed by atoms with Gasteiger partial charge in [0.15, 0.2) is 0 Å². The zero-order valence-electron chi connectivity index (χ0n) is 17.6. The summed E-state index contributed by atoms with van der Waals surface area (Å²) < 4.78 is 0. The minimum absolute atomic E-state index is 0.243. The normalized spacial score (nSPS) is 21.8. The lowest BCUT2D eigenvalue weighted by Crippen LogP contribution is -2.43. The monoisotopic (exact) mass is 438 g/mol. The molecule has 0 radical (unpaired) electrons. The Kier molecular flexibility index (Phi) is 6.05. The number of benzene rings is 2. The second-order valence-corrected chi connectivity index (χ2v) is 9.16. The van der Waals surface area contributed by atoms with Gasteiger partial charge < -0.3 is 15.7 Å². The van der Waals surface area contributed by atoms with Crippen LogP contribution in [0.2, 0.25) is 5.02 Å². The molecule has 4 rings (SSSR count). The van der Waals surface area contributed by atoms with Gasteiger partial charge in [-0.2, -0.15) is 0 Å². The van der Waals surface area contributed by atoms with Crippen LogP contribution in [0.15, 0.2) is 59.9 Å². The van der Waals surface area contributed by atoms with E-state index in [2.05, 4.69) is 10.6 Å². The SMILES string of the molecule is CC1(Cc2ccc(Cl)cc2)NC(=O)C(C(=O)Nc2ccc(C3CCCCC3)cc2)=C1O. The third-order valence-corrected chi connectivity index (χ3v) is 6.57. The molecule has 31 heavy (non-hydrogen) atoms. The number of amides is 2. The van der Waals surface area contributed by atoms with Crippen molar-refractivity contribution >= 4 is 29.1 Å². The third-order valence-electron chi connectivity index (χ3n) is 6.32. The average molecular weight is 439 g/mol. The number of aliphatic hydroxyl groups excluding tert-OH is 1. The van der Waals surface area contributed by atoms with Crippen molar-refractivity contribution in [3.63, 3.8) is 0 Å². The van der Waals surface area contributed by atoms with Gasteiger partial charge in [-0.3, -0.25) is 9.59 Å². The lowest BCUT2D eigenvalue weighted by atomic mass is 9.84. The van der Waals surface area contributed by atoms with Crippen molar-refractivity contribution in [1.29, 1.82) is 0 Å². The molecule has 1 heterocycles. The number of nitrogens with one attached hydrogen (secondary N) is 2. The minimum Gasteiger partial charge on any atom is -0.509 e. The molecule has 0 spiro atoms. The van der Waals surface area contributed by atoms with E-state index in [4.69, 9.17) is 11.6 Å². The molecule has 3 N–H and O–H groups in total. The van der Waals surface area contributed by atoms with Gasteiger partial charge in [-0.25, -0.2) is 0 Å². The summed E-state index contributed by atoms with van der Waals surface area (Å²) in [6.45, 7) is 1.70. The Morgan fingerprint density at radius 2 is 1.74 bits per heavy atom. The highest BCUT2D eigenvalue weighted by Crippen LogP contribution is 2.33. The first-order valence-corrected chi connectivity index (χ1v) is 11.2. The van der Waals surface area contributed by atoms with Crippen LogP contribution in [0.5, 0.6) is 0 Å². The lowest BCUT2D eigenvalue weighted by molar-refractivity contribution is -0.121. The van der Waals surface area contributed by atoms with Crippen molar-refractivity contribution in [2.45, 2.75) is 56.9 Å². The summed E-state index contributed by atoms with van der Waals surface area (Å²) >= 11 is 5.93. The van der Waals surface area contributed by atoms with Crippen molar-refractivity contribution in [2.75, 3.05) is 5.32 Å². The van der Waals surface area contributed by atoms with E-state index in [-0.39, 0.29) is 11.3 Å². The van der Waals surface area contributed by atoms with E-state index in [1.807, 2.05) is 36.4 Å². The van der Waals surface area contributed by atoms with E-state index in [9.17, 15) is 14.7 Å². The summed E-state index contributed by atoms with van der Waals surface area (Å²) in [7, 11) is 0. The van der Waals surface area contributed by atoms with Crippen molar-refractivity contribution in [1.82, 2.24) is 5.32 Å². The summed E-state index contributed by atoms with van der Waals surface area (Å²) in [5.41, 5.74) is 1.48. The van der Waals surface area contributed by atoms with Crippen LogP contribution >= 0.6 is 11.6 Å². The fraction of sp³-hybridized carbons (Fsp3) is 0.360. The van der Waals surface area contributed by atoms with Crippen molar-refractivity contribution in [3.05, 3.63) is 76.0 Å². The summed E-state index contributed by atoms with van der Waals surface area (Å²) in [5.74, 6) is -0.853. The van der Waals surface area contributed by atoms with Gasteiger partial charge in [0.1, 0.15) is 11.3 Å². The van der Waals surface area contributed by atoms with E-state index < -0.39 is 17.4 Å². The number of hydrogen-bond acceptors (Lipinski definition) is 3. The molecular formula is C25H27ClN2O3. The topological polar surface area (TPSA) is 78.4 Å². The Morgan fingerprint density at radius 3 is 2.39 bits per heavy atom. The second kappa shape index (κ2) is 8.75. The first-order chi connectivity index (χ1) is 14.9. The van der Waals surface area contributed by atoms with Crippen molar-refractivity contribution in [2.24, 2.45) is 0 Å². The van der Waals surface area contributed by atoms with Crippen LogP contribution < -0.4 is 10.6 Å². The van der Waals surface area contributed by atoms with Crippen LogP contribution in [0, 0.1) is 0 Å². The summed E-state index contributed by atoms with van der Waals surface area (Å²) in [4.78, 5) is 25.3. The Balaban J connectivity index is 1.47. The number of carbonyl (C=O) groups is 2. The Bertz CT molecular complexity index is 1010. The lowest BCUT2D eigenvalue weighted by Gasteiger charge is -2.24. The molecule has 1 fully saturated rings.